The Kier molecular flexibility index (Phi) is 14.0. The van der Waals surface area contributed by atoms with Crippen LogP contribution in [-0.4, -0.2) is 47.3 Å². The number of rotatable bonds is 17. The van der Waals surface area contributed by atoms with Gasteiger partial charge in [0.05, 0.1) is 22.7 Å². The Balaban J connectivity index is 0.895. The molecule has 0 N–H and O–H groups in total. The van der Waals surface area contributed by atoms with Gasteiger partial charge in [0.1, 0.15) is 46.0 Å². The summed E-state index contributed by atoms with van der Waals surface area (Å²) in [5.74, 6) is -0.00295. The van der Waals surface area contributed by atoms with Crippen LogP contribution in [0.4, 0.5) is 22.7 Å². The van der Waals surface area contributed by atoms with Gasteiger partial charge in [-0.25, -0.2) is 19.6 Å². The third-order valence-electron chi connectivity index (χ3n) is 14.5. The van der Waals surface area contributed by atoms with Gasteiger partial charge >= 0.3 is 0 Å². The van der Waals surface area contributed by atoms with E-state index in [2.05, 4.69) is 12.1 Å². The monoisotopic (exact) mass is 1110 g/mol. The molecule has 4 aliphatic rings. The summed E-state index contributed by atoms with van der Waals surface area (Å²) in [6.07, 6.45) is 9.85. The maximum atomic E-state index is 12.4. The van der Waals surface area contributed by atoms with Gasteiger partial charge < -0.3 is 18.9 Å². The Morgan fingerprint density at radius 1 is 0.250 bits per heavy atom. The van der Waals surface area contributed by atoms with Crippen LogP contribution < -0.4 is 38.5 Å². The number of carbonyl (C=O) groups excluding carboxylic acids is 8. The van der Waals surface area contributed by atoms with Crippen LogP contribution in [0.15, 0.2) is 231 Å². The van der Waals surface area contributed by atoms with E-state index in [1.807, 2.05) is 86.6 Å². The zero-order valence-corrected chi connectivity index (χ0v) is 44.8. The molecule has 0 unspecified atom stereocenters. The number of hydrogen-bond donors (Lipinski definition) is 0. The Morgan fingerprint density at radius 2 is 0.452 bits per heavy atom. The fourth-order valence-electron chi connectivity index (χ4n) is 10.4. The molecule has 4 aliphatic heterocycles. The minimum absolute atomic E-state index is 0.395. The highest BCUT2D eigenvalue weighted by atomic mass is 16.5. The summed E-state index contributed by atoms with van der Waals surface area (Å²) in [5.41, 5.74) is 6.99. The van der Waals surface area contributed by atoms with Gasteiger partial charge in [-0.3, -0.25) is 38.4 Å². The van der Waals surface area contributed by atoms with Gasteiger partial charge in [-0.2, -0.15) is 0 Å². The summed E-state index contributed by atoms with van der Waals surface area (Å²) in [5, 5.41) is 0. The van der Waals surface area contributed by atoms with Gasteiger partial charge in [-0.15, -0.1) is 0 Å². The second-order valence-corrected chi connectivity index (χ2v) is 19.9. The molecule has 0 fully saturated rings. The highest BCUT2D eigenvalue weighted by Gasteiger charge is 2.32. The molecule has 0 aliphatic carbocycles. The molecule has 12 rings (SSSR count). The van der Waals surface area contributed by atoms with Crippen LogP contribution in [0.1, 0.15) is 45.2 Å². The lowest BCUT2D eigenvalue weighted by atomic mass is 9.73. The summed E-state index contributed by atoms with van der Waals surface area (Å²) in [7, 11) is 0. The fourth-order valence-corrected chi connectivity index (χ4v) is 10.4. The molecule has 0 aromatic heterocycles. The van der Waals surface area contributed by atoms with Crippen LogP contribution in [-0.2, 0) is 38.4 Å². The van der Waals surface area contributed by atoms with Crippen molar-refractivity contribution in [2.24, 2.45) is 0 Å². The molecule has 0 saturated carbocycles. The Morgan fingerprint density at radius 3 is 0.690 bits per heavy atom. The molecule has 8 aromatic carbocycles. The third-order valence-corrected chi connectivity index (χ3v) is 14.5. The lowest BCUT2D eigenvalue weighted by Gasteiger charge is -2.31. The zero-order valence-electron chi connectivity index (χ0n) is 44.8. The second-order valence-electron chi connectivity index (χ2n) is 19.9. The standard InChI is InChI=1S/C68H46N4O12/c1-41-39-45(7-29-57(41)83-55-25-13-49(14-26-55)71-63(77)35-36-64(71)78)68(46-8-30-58(42(2)40-46)84-56-27-15-50(16-28-56)72-65(79)37-38-66(72)80)67(43-3-17-51(18-4-43)81-53-21-9-47(10-22-53)69-59(73)31-32-60(69)74)44-5-19-52(20-6-44)82-54-23-11-48(12-24-54)70-61(75)33-34-62(70)76/h3-40,67-68H,1-2H3. The van der Waals surface area contributed by atoms with Gasteiger partial charge in [0, 0.05) is 60.4 Å². The molecular formula is C68H46N4O12. The van der Waals surface area contributed by atoms with E-state index in [0.29, 0.717) is 68.7 Å². The average Bonchev–Trinajstić information content (AvgIpc) is 4.05. The molecule has 8 amide bonds. The van der Waals surface area contributed by atoms with E-state index in [9.17, 15) is 38.4 Å². The van der Waals surface area contributed by atoms with Crippen molar-refractivity contribution in [1.82, 2.24) is 0 Å². The smallest absolute Gasteiger partial charge is 0.258 e. The zero-order chi connectivity index (χ0) is 58.2. The summed E-state index contributed by atoms with van der Waals surface area (Å²) in [6, 6.07) is 54.3. The highest BCUT2D eigenvalue weighted by molar-refractivity contribution is 6.30. The lowest BCUT2D eigenvalue weighted by molar-refractivity contribution is -0.121. The van der Waals surface area contributed by atoms with Crippen LogP contribution in [0.25, 0.3) is 0 Å². The van der Waals surface area contributed by atoms with Gasteiger partial charge in [0.2, 0.25) is 0 Å². The maximum absolute atomic E-state index is 12.4. The van der Waals surface area contributed by atoms with Gasteiger partial charge in [-0.05, 0) is 181 Å². The molecule has 16 nitrogen and oxygen atoms in total. The molecule has 84 heavy (non-hydrogen) atoms. The van der Waals surface area contributed by atoms with Crippen molar-refractivity contribution in [2.45, 2.75) is 25.7 Å². The van der Waals surface area contributed by atoms with Crippen molar-refractivity contribution < 1.29 is 57.3 Å². The number of aryl methyl sites for hydroxylation is 2. The van der Waals surface area contributed by atoms with Crippen molar-refractivity contribution in [2.75, 3.05) is 19.6 Å². The average molecular weight is 1110 g/mol. The van der Waals surface area contributed by atoms with Gasteiger partial charge in [-0.1, -0.05) is 48.5 Å². The first-order chi connectivity index (χ1) is 40.7. The fraction of sp³-hybridized carbons (Fsp3) is 0.0588. The Hall–Kier alpha value is -11.5. The number of ether oxygens (including phenoxy) is 4. The van der Waals surface area contributed by atoms with E-state index in [0.717, 1.165) is 53.0 Å². The van der Waals surface area contributed by atoms with Crippen molar-refractivity contribution in [3.05, 3.63) is 264 Å². The number of anilines is 4. The van der Waals surface area contributed by atoms with Gasteiger partial charge in [0.15, 0.2) is 0 Å². The molecule has 0 radical (unpaired) electrons. The van der Waals surface area contributed by atoms with Crippen molar-refractivity contribution in [3.8, 4) is 46.0 Å². The predicted molar refractivity (Wildman–Crippen MR) is 312 cm³/mol. The van der Waals surface area contributed by atoms with E-state index in [4.69, 9.17) is 18.9 Å². The van der Waals surface area contributed by atoms with Crippen molar-refractivity contribution in [1.29, 1.82) is 0 Å². The first-order valence-electron chi connectivity index (χ1n) is 26.5. The second kappa shape index (κ2) is 22.2. The molecule has 16 heteroatoms. The Bertz CT molecular complexity index is 3810. The first-order valence-corrected chi connectivity index (χ1v) is 26.5. The van der Waals surface area contributed by atoms with E-state index < -0.39 is 59.1 Å². The number of amides is 8. The minimum Gasteiger partial charge on any atom is -0.457 e. The third kappa shape index (κ3) is 10.7. The molecule has 0 atom stereocenters. The highest BCUT2D eigenvalue weighted by Crippen LogP contribution is 2.46. The molecule has 410 valence electrons. The number of nitrogens with zero attached hydrogens (tertiary/aromatic N) is 4. The minimum atomic E-state index is -0.423. The van der Waals surface area contributed by atoms with Crippen LogP contribution in [0, 0.1) is 13.8 Å². The normalized spacial score (nSPS) is 14.7. The summed E-state index contributed by atoms with van der Waals surface area (Å²) in [4.78, 5) is 103. The van der Waals surface area contributed by atoms with Crippen molar-refractivity contribution >= 4 is 70.0 Å². The molecule has 0 spiro atoms. The predicted octanol–water partition coefficient (Wildman–Crippen LogP) is 12.2. The summed E-state index contributed by atoms with van der Waals surface area (Å²) < 4.78 is 25.5. The molecule has 0 saturated heterocycles. The van der Waals surface area contributed by atoms with Gasteiger partial charge in [0.25, 0.3) is 47.3 Å². The number of imide groups is 4. The SMILES string of the molecule is Cc1cc(C(c2ccc(Oc3ccc(N4C(=O)C=CC4=O)cc3)c(C)c2)C(c2ccc(Oc3ccc(N4C(=O)C=CC4=O)cc3)cc2)c2ccc(Oc3ccc(N4C(=O)C=CC4=O)cc3)cc2)ccc1Oc1ccc(N2C(=O)C=CC2=O)cc1. The summed E-state index contributed by atoms with van der Waals surface area (Å²) >= 11 is 0. The van der Waals surface area contributed by atoms with Crippen molar-refractivity contribution in [3.63, 3.8) is 0 Å². The van der Waals surface area contributed by atoms with E-state index in [-0.39, 0.29) is 0 Å². The number of benzene rings is 8. The van der Waals surface area contributed by atoms with Crippen LogP contribution >= 0.6 is 0 Å². The largest absolute Gasteiger partial charge is 0.457 e. The summed E-state index contributed by atoms with van der Waals surface area (Å²) in [6.45, 7) is 3.91. The van der Waals surface area contributed by atoms with E-state index in [1.54, 1.807) is 97.1 Å². The topological polar surface area (TPSA) is 186 Å². The molecule has 0 bridgehead atoms. The lowest BCUT2D eigenvalue weighted by Crippen LogP contribution is -2.29. The van der Waals surface area contributed by atoms with E-state index in [1.165, 1.54) is 48.6 Å². The van der Waals surface area contributed by atoms with E-state index >= 15 is 0 Å². The molecular weight excluding hydrogens is 1060 g/mol. The first kappa shape index (κ1) is 53.1. The quantitative estimate of drug-likeness (QED) is 0.0787. The maximum Gasteiger partial charge on any atom is 0.258 e. The van der Waals surface area contributed by atoms with Crippen LogP contribution in [0.2, 0.25) is 0 Å². The number of hydrogen-bond acceptors (Lipinski definition) is 12. The molecule has 4 heterocycles. The van der Waals surface area contributed by atoms with Crippen LogP contribution in [0.5, 0.6) is 46.0 Å². The number of carbonyl (C=O) groups is 8. The molecule has 8 aromatic rings. The van der Waals surface area contributed by atoms with Crippen LogP contribution in [0.3, 0.4) is 0 Å². The Labute approximate surface area is 480 Å².